The van der Waals surface area contributed by atoms with Gasteiger partial charge in [-0.2, -0.15) is 13.2 Å². The summed E-state index contributed by atoms with van der Waals surface area (Å²) in [6.07, 6.45) is -4.43. The zero-order valence-electron chi connectivity index (χ0n) is 11.6. The lowest BCUT2D eigenvalue weighted by Gasteiger charge is -2.11. The van der Waals surface area contributed by atoms with Crippen LogP contribution >= 0.6 is 0 Å². The summed E-state index contributed by atoms with van der Waals surface area (Å²) in [5.74, 6) is 0. The van der Waals surface area contributed by atoms with Crippen LogP contribution in [0.2, 0.25) is 0 Å². The number of alkyl halides is 3. The van der Waals surface area contributed by atoms with Gasteiger partial charge in [0.1, 0.15) is 0 Å². The lowest BCUT2D eigenvalue weighted by molar-refractivity contribution is -0.137. The van der Waals surface area contributed by atoms with Crippen molar-refractivity contribution < 1.29 is 21.6 Å². The number of hydrogen-bond donors (Lipinski definition) is 0. The van der Waals surface area contributed by atoms with Crippen LogP contribution in [0.3, 0.4) is 0 Å². The van der Waals surface area contributed by atoms with Crippen LogP contribution in [0, 0.1) is 6.92 Å². The summed E-state index contributed by atoms with van der Waals surface area (Å²) >= 11 is 4.94. The minimum Gasteiger partial charge on any atom is -0.282 e. The van der Waals surface area contributed by atoms with Gasteiger partial charge < -0.3 is 0 Å². The maximum Gasteiger partial charge on any atom is 0.416 e. The first-order valence-electron chi connectivity index (χ1n) is 6.31. The molecule has 0 bridgehead atoms. The molecule has 0 saturated heterocycles. The Hall–Kier alpha value is -1.44. The Morgan fingerprint density at radius 2 is 1.77 bits per heavy atom. The van der Waals surface area contributed by atoms with Crippen molar-refractivity contribution >= 4 is 20.0 Å². The number of hydrogen-bond acceptors (Lipinski definition) is 3. The largest absolute Gasteiger partial charge is 0.416 e. The zero-order chi connectivity index (χ0) is 16.4. The molecule has 7 heteroatoms. The van der Waals surface area contributed by atoms with Crippen LogP contribution in [0.5, 0.6) is 0 Å². The second-order valence-corrected chi connectivity index (χ2v) is 7.66. The summed E-state index contributed by atoms with van der Waals surface area (Å²) < 4.78 is 55.4. The van der Waals surface area contributed by atoms with Crippen molar-refractivity contribution in [1.82, 2.24) is 0 Å². The Bertz CT molecular complexity index is 751. The summed E-state index contributed by atoms with van der Waals surface area (Å²) in [5, 5.41) is 0. The number of rotatable bonds is 4. The molecule has 22 heavy (non-hydrogen) atoms. The highest BCUT2D eigenvalue weighted by Gasteiger charge is 2.30. The molecule has 0 aliphatic carbocycles. The van der Waals surface area contributed by atoms with E-state index in [1.54, 1.807) is 24.3 Å². The third-order valence-corrected chi connectivity index (χ3v) is 5.09. The molecule has 0 amide bonds. The Labute approximate surface area is 131 Å². The Kier molecular flexibility index (Phi) is 4.89. The van der Waals surface area contributed by atoms with E-state index in [1.807, 2.05) is 6.92 Å². The number of halogens is 3. The molecule has 0 spiro atoms. The smallest absolute Gasteiger partial charge is 0.282 e. The molecule has 2 aromatic carbocycles. The van der Waals surface area contributed by atoms with Crippen LogP contribution < -0.4 is 0 Å². The molecule has 0 aromatic heterocycles. The summed E-state index contributed by atoms with van der Waals surface area (Å²) in [6.45, 7) is 1.62. The maximum absolute atomic E-state index is 12.6. The van der Waals surface area contributed by atoms with Crippen molar-refractivity contribution in [2.75, 3.05) is 0 Å². The van der Waals surface area contributed by atoms with Gasteiger partial charge in [-0.1, -0.05) is 29.8 Å². The molecule has 0 saturated carbocycles. The Balaban J connectivity index is 2.14. The molecule has 0 heterocycles. The average Bonchev–Trinajstić information content (AvgIpc) is 2.45. The topological polar surface area (TPSA) is 26.3 Å². The lowest BCUT2D eigenvalue weighted by Crippen LogP contribution is -2.08. The van der Waals surface area contributed by atoms with E-state index < -0.39 is 20.5 Å². The summed E-state index contributed by atoms with van der Waals surface area (Å²) in [5.41, 5.74) is 0.464. The van der Waals surface area contributed by atoms with Crippen LogP contribution in [-0.2, 0) is 36.9 Å². The maximum atomic E-state index is 12.6. The van der Waals surface area contributed by atoms with Gasteiger partial charge in [0.15, 0.2) is 8.77 Å². The van der Waals surface area contributed by atoms with Gasteiger partial charge in [0.2, 0.25) is 0 Å². The van der Waals surface area contributed by atoms with Gasteiger partial charge in [-0.3, -0.25) is 4.18 Å². The third kappa shape index (κ3) is 4.28. The molecule has 2 aromatic rings. The van der Waals surface area contributed by atoms with E-state index in [-0.39, 0.29) is 12.2 Å². The molecular formula is C15H13F3O2S2. The molecule has 0 aliphatic heterocycles. The lowest BCUT2D eigenvalue weighted by atomic mass is 10.1. The van der Waals surface area contributed by atoms with Crippen molar-refractivity contribution in [3.8, 4) is 0 Å². The van der Waals surface area contributed by atoms with E-state index >= 15 is 0 Å². The molecule has 2 rings (SSSR count). The fourth-order valence-corrected chi connectivity index (χ4v) is 3.13. The van der Waals surface area contributed by atoms with Crippen molar-refractivity contribution in [3.05, 3.63) is 65.2 Å². The monoisotopic (exact) mass is 346 g/mol. The van der Waals surface area contributed by atoms with Gasteiger partial charge in [0.25, 0.3) is 0 Å². The van der Waals surface area contributed by atoms with Crippen LogP contribution in [0.4, 0.5) is 13.2 Å². The second kappa shape index (κ2) is 6.36. The van der Waals surface area contributed by atoms with Crippen LogP contribution in [0.1, 0.15) is 16.7 Å². The van der Waals surface area contributed by atoms with Crippen LogP contribution in [0.15, 0.2) is 53.4 Å². The van der Waals surface area contributed by atoms with E-state index in [1.165, 1.54) is 12.1 Å². The predicted octanol–water partition coefficient (Wildman–Crippen LogP) is 4.25. The van der Waals surface area contributed by atoms with Gasteiger partial charge in [0.05, 0.1) is 17.1 Å². The second-order valence-electron chi connectivity index (χ2n) is 4.73. The average molecular weight is 346 g/mol. The molecule has 1 atom stereocenters. The SMILES string of the molecule is Cc1ccc(S(=O)(=S)OCc2cccc(C(F)(F)F)c2)cc1. The van der Waals surface area contributed by atoms with E-state index in [0.29, 0.717) is 4.90 Å². The third-order valence-electron chi connectivity index (χ3n) is 2.94. The van der Waals surface area contributed by atoms with Crippen LogP contribution in [-0.4, -0.2) is 4.21 Å². The van der Waals surface area contributed by atoms with Crippen molar-refractivity contribution in [2.24, 2.45) is 0 Å². The van der Waals surface area contributed by atoms with Gasteiger partial charge in [-0.25, -0.2) is 4.21 Å². The molecule has 0 N–H and O–H groups in total. The first-order valence-corrected chi connectivity index (χ1v) is 8.71. The summed E-state index contributed by atoms with van der Waals surface area (Å²) in [6, 6.07) is 11.3. The fourth-order valence-electron chi connectivity index (χ4n) is 1.76. The predicted molar refractivity (Wildman–Crippen MR) is 81.2 cm³/mol. The molecule has 0 aliphatic rings. The van der Waals surface area contributed by atoms with Gasteiger partial charge >= 0.3 is 6.18 Å². The van der Waals surface area contributed by atoms with E-state index in [9.17, 15) is 17.4 Å². The van der Waals surface area contributed by atoms with Gasteiger partial charge in [0, 0.05) is 11.2 Å². The molecule has 0 radical (unpaired) electrons. The first kappa shape index (κ1) is 16.9. The van der Waals surface area contributed by atoms with E-state index in [4.69, 9.17) is 15.4 Å². The van der Waals surface area contributed by atoms with Crippen molar-refractivity contribution in [1.29, 1.82) is 0 Å². The molecule has 0 fully saturated rings. The quantitative estimate of drug-likeness (QED) is 0.828. The number of aryl methyl sites for hydroxylation is 1. The number of benzene rings is 2. The fraction of sp³-hybridized carbons (Fsp3) is 0.200. The Morgan fingerprint density at radius 3 is 2.36 bits per heavy atom. The molecule has 118 valence electrons. The van der Waals surface area contributed by atoms with Gasteiger partial charge in [-0.15, -0.1) is 0 Å². The highest BCUT2D eigenvalue weighted by atomic mass is 32.8. The zero-order valence-corrected chi connectivity index (χ0v) is 13.2. The molecular weight excluding hydrogens is 333 g/mol. The Morgan fingerprint density at radius 1 is 1.14 bits per heavy atom. The molecule has 1 unspecified atom stereocenters. The van der Waals surface area contributed by atoms with Crippen molar-refractivity contribution in [2.45, 2.75) is 24.6 Å². The molecule has 2 nitrogen and oxygen atoms in total. The normalized spacial score (nSPS) is 14.5. The highest BCUT2D eigenvalue weighted by Crippen LogP contribution is 2.29. The van der Waals surface area contributed by atoms with Crippen molar-refractivity contribution in [3.63, 3.8) is 0 Å². The minimum atomic E-state index is -4.43. The van der Waals surface area contributed by atoms with E-state index in [2.05, 4.69) is 0 Å². The first-order chi connectivity index (χ1) is 10.2. The summed E-state index contributed by atoms with van der Waals surface area (Å²) in [4.78, 5) is 0.333. The van der Waals surface area contributed by atoms with E-state index in [0.717, 1.165) is 17.7 Å². The highest BCUT2D eigenvalue weighted by molar-refractivity contribution is 8.30. The van der Waals surface area contributed by atoms with Crippen LogP contribution in [0.25, 0.3) is 0 Å². The standard InChI is InChI=1S/C15H13F3O2S2/c1-11-5-7-14(8-6-11)22(19,21)20-10-12-3-2-4-13(9-12)15(16,17)18/h2-9H,10H2,1H3. The van der Waals surface area contributed by atoms with Gasteiger partial charge in [-0.05, 0) is 36.8 Å². The summed E-state index contributed by atoms with van der Waals surface area (Å²) in [7, 11) is -3.17. The minimum absolute atomic E-state index is 0.250.